The predicted molar refractivity (Wildman–Crippen MR) is 118 cm³/mol. The van der Waals surface area contributed by atoms with E-state index in [1.165, 1.54) is 0 Å². The molecule has 5 heteroatoms. The van der Waals surface area contributed by atoms with Gasteiger partial charge in [0.15, 0.2) is 5.78 Å². The SMILES string of the molecule is CC1(C)CC(=O)C2=C(C1)N(c1ccc(Cl)cc1)C(N)=CC2c1cccc(Br)c1. The second-order valence-corrected chi connectivity index (χ2v) is 9.59. The number of benzene rings is 2. The molecule has 3 nitrogen and oxygen atoms in total. The van der Waals surface area contributed by atoms with Crippen LogP contribution in [-0.4, -0.2) is 5.78 Å². The molecule has 144 valence electrons. The first kappa shape index (κ1) is 19.3. The second-order valence-electron chi connectivity index (χ2n) is 8.24. The summed E-state index contributed by atoms with van der Waals surface area (Å²) in [5.74, 6) is 0.690. The van der Waals surface area contributed by atoms with Gasteiger partial charge in [0.1, 0.15) is 5.82 Å². The summed E-state index contributed by atoms with van der Waals surface area (Å²) in [6.45, 7) is 4.27. The lowest BCUT2D eigenvalue weighted by Gasteiger charge is -2.42. The zero-order valence-electron chi connectivity index (χ0n) is 15.9. The van der Waals surface area contributed by atoms with Crippen molar-refractivity contribution in [3.8, 4) is 0 Å². The topological polar surface area (TPSA) is 46.3 Å². The molecule has 0 spiro atoms. The lowest BCUT2D eigenvalue weighted by Crippen LogP contribution is -2.40. The third kappa shape index (κ3) is 3.51. The lowest BCUT2D eigenvalue weighted by atomic mass is 9.70. The summed E-state index contributed by atoms with van der Waals surface area (Å²) in [6, 6.07) is 15.7. The minimum atomic E-state index is -0.139. The summed E-state index contributed by atoms with van der Waals surface area (Å²) in [4.78, 5) is 15.3. The molecular formula is C23H22BrClN2O. The molecule has 1 heterocycles. The highest BCUT2D eigenvalue weighted by molar-refractivity contribution is 9.10. The Kier molecular flexibility index (Phi) is 4.88. The molecule has 0 amide bonds. The summed E-state index contributed by atoms with van der Waals surface area (Å²) in [7, 11) is 0. The highest BCUT2D eigenvalue weighted by Gasteiger charge is 2.41. The Morgan fingerprint density at radius 1 is 1.14 bits per heavy atom. The fourth-order valence-corrected chi connectivity index (χ4v) is 4.74. The van der Waals surface area contributed by atoms with Gasteiger partial charge in [-0.25, -0.2) is 0 Å². The molecule has 0 saturated heterocycles. The van der Waals surface area contributed by atoms with Gasteiger partial charge in [0.05, 0.1) is 0 Å². The van der Waals surface area contributed by atoms with Crippen molar-refractivity contribution in [2.24, 2.45) is 11.1 Å². The number of hydrogen-bond acceptors (Lipinski definition) is 3. The van der Waals surface area contributed by atoms with Crippen molar-refractivity contribution in [1.82, 2.24) is 0 Å². The van der Waals surface area contributed by atoms with E-state index in [4.69, 9.17) is 17.3 Å². The summed E-state index contributed by atoms with van der Waals surface area (Å²) in [5.41, 5.74) is 10.3. The van der Waals surface area contributed by atoms with Gasteiger partial charge in [-0.1, -0.05) is 53.5 Å². The average Bonchev–Trinajstić information content (AvgIpc) is 2.61. The zero-order chi connectivity index (χ0) is 20.1. The maximum atomic E-state index is 13.3. The van der Waals surface area contributed by atoms with Crippen LogP contribution in [0.3, 0.4) is 0 Å². The predicted octanol–water partition coefficient (Wildman–Crippen LogP) is 6.15. The molecule has 4 rings (SSSR count). The highest BCUT2D eigenvalue weighted by Crippen LogP contribution is 2.47. The molecule has 1 atom stereocenters. The van der Waals surface area contributed by atoms with Crippen molar-refractivity contribution in [1.29, 1.82) is 0 Å². The van der Waals surface area contributed by atoms with Gasteiger partial charge in [0, 0.05) is 38.8 Å². The molecule has 2 aromatic carbocycles. The van der Waals surface area contributed by atoms with Crippen LogP contribution in [0, 0.1) is 5.41 Å². The van der Waals surface area contributed by atoms with E-state index in [2.05, 4.69) is 41.9 Å². The molecule has 0 radical (unpaired) electrons. The Morgan fingerprint density at radius 2 is 1.86 bits per heavy atom. The molecule has 2 N–H and O–H groups in total. The molecule has 0 saturated carbocycles. The van der Waals surface area contributed by atoms with E-state index in [9.17, 15) is 4.79 Å². The average molecular weight is 458 g/mol. The van der Waals surface area contributed by atoms with Crippen LogP contribution < -0.4 is 10.6 Å². The molecule has 1 aliphatic heterocycles. The number of rotatable bonds is 2. The maximum absolute atomic E-state index is 13.3. The quantitative estimate of drug-likeness (QED) is 0.588. The standard InChI is InChI=1S/C23H22BrClN2O/c1-23(2)12-19-22(20(28)13-23)18(14-4-3-5-15(24)10-14)11-21(26)27(19)17-8-6-16(25)7-9-17/h3-11,18H,12-13,26H2,1-2H3. The molecule has 0 aromatic heterocycles. The molecule has 2 aliphatic rings. The van der Waals surface area contributed by atoms with E-state index in [0.717, 1.165) is 33.4 Å². The van der Waals surface area contributed by atoms with Crippen molar-refractivity contribution in [2.75, 3.05) is 4.90 Å². The number of carbonyl (C=O) groups is 1. The maximum Gasteiger partial charge on any atom is 0.162 e. The molecule has 1 unspecified atom stereocenters. The molecule has 0 bridgehead atoms. The van der Waals surface area contributed by atoms with Gasteiger partial charge in [-0.05, 0) is 59.9 Å². The Balaban J connectivity index is 1.90. The summed E-state index contributed by atoms with van der Waals surface area (Å²) >= 11 is 9.62. The molecular weight excluding hydrogens is 436 g/mol. The van der Waals surface area contributed by atoms with Crippen molar-refractivity contribution < 1.29 is 4.79 Å². The first-order valence-electron chi connectivity index (χ1n) is 9.30. The van der Waals surface area contributed by atoms with Gasteiger partial charge in [-0.15, -0.1) is 0 Å². The summed E-state index contributed by atoms with van der Waals surface area (Å²) < 4.78 is 0.989. The van der Waals surface area contributed by atoms with E-state index < -0.39 is 0 Å². The minimum absolute atomic E-state index is 0.111. The van der Waals surface area contributed by atoms with Crippen molar-refractivity contribution in [3.63, 3.8) is 0 Å². The highest BCUT2D eigenvalue weighted by atomic mass is 79.9. The van der Waals surface area contributed by atoms with E-state index in [1.807, 2.05) is 47.4 Å². The lowest BCUT2D eigenvalue weighted by molar-refractivity contribution is -0.118. The van der Waals surface area contributed by atoms with E-state index in [-0.39, 0.29) is 17.1 Å². The van der Waals surface area contributed by atoms with Crippen molar-refractivity contribution >= 4 is 39.0 Å². The van der Waals surface area contributed by atoms with E-state index in [0.29, 0.717) is 17.3 Å². The normalized spacial score (nSPS) is 21.4. The number of hydrogen-bond donors (Lipinski definition) is 1. The third-order valence-corrected chi connectivity index (χ3v) is 6.11. The van der Waals surface area contributed by atoms with Gasteiger partial charge < -0.3 is 10.6 Å². The molecule has 2 aromatic rings. The smallest absolute Gasteiger partial charge is 0.162 e. The van der Waals surface area contributed by atoms with Crippen LogP contribution >= 0.6 is 27.5 Å². The number of ketones is 1. The first-order valence-corrected chi connectivity index (χ1v) is 10.5. The Labute approximate surface area is 179 Å². The first-order chi connectivity index (χ1) is 13.2. The second kappa shape index (κ2) is 7.09. The van der Waals surface area contributed by atoms with Crippen LogP contribution in [0.15, 0.2) is 76.2 Å². The number of anilines is 1. The molecule has 1 aliphatic carbocycles. The zero-order valence-corrected chi connectivity index (χ0v) is 18.2. The van der Waals surface area contributed by atoms with Gasteiger partial charge >= 0.3 is 0 Å². The fraction of sp³-hybridized carbons (Fsp3) is 0.261. The number of allylic oxidation sites excluding steroid dienone is 3. The largest absolute Gasteiger partial charge is 0.385 e. The van der Waals surface area contributed by atoms with Gasteiger partial charge in [0.25, 0.3) is 0 Å². The van der Waals surface area contributed by atoms with Crippen LogP contribution in [0.5, 0.6) is 0 Å². The molecule has 0 fully saturated rings. The fourth-order valence-electron chi connectivity index (χ4n) is 4.20. The number of nitrogens with two attached hydrogens (primary N) is 1. The van der Waals surface area contributed by atoms with Gasteiger partial charge in [0.2, 0.25) is 0 Å². The monoisotopic (exact) mass is 456 g/mol. The van der Waals surface area contributed by atoms with Gasteiger partial charge in [-0.2, -0.15) is 0 Å². The van der Waals surface area contributed by atoms with Crippen LogP contribution in [0.25, 0.3) is 0 Å². The number of carbonyl (C=O) groups excluding carboxylic acids is 1. The Morgan fingerprint density at radius 3 is 2.54 bits per heavy atom. The van der Waals surface area contributed by atoms with Gasteiger partial charge in [-0.3, -0.25) is 4.79 Å². The Bertz CT molecular complexity index is 1010. The summed E-state index contributed by atoms with van der Waals surface area (Å²) in [5, 5.41) is 0.671. The minimum Gasteiger partial charge on any atom is -0.385 e. The number of nitrogens with zero attached hydrogens (tertiary/aromatic N) is 1. The van der Waals surface area contributed by atoms with E-state index >= 15 is 0 Å². The summed E-state index contributed by atoms with van der Waals surface area (Å²) in [6.07, 6.45) is 3.32. The van der Waals surface area contributed by atoms with Crippen molar-refractivity contribution in [2.45, 2.75) is 32.6 Å². The van der Waals surface area contributed by atoms with Crippen LogP contribution in [0.2, 0.25) is 5.02 Å². The number of halogens is 2. The third-order valence-electron chi connectivity index (χ3n) is 5.37. The Hall–Kier alpha value is -2.04. The van der Waals surface area contributed by atoms with Crippen LogP contribution in [-0.2, 0) is 4.79 Å². The van der Waals surface area contributed by atoms with Crippen LogP contribution in [0.4, 0.5) is 5.69 Å². The molecule has 28 heavy (non-hydrogen) atoms. The van der Waals surface area contributed by atoms with Crippen molar-refractivity contribution in [3.05, 3.63) is 86.8 Å². The number of Topliss-reactive ketones (excluding diaryl/α,β-unsaturated/α-hetero) is 1. The van der Waals surface area contributed by atoms with E-state index in [1.54, 1.807) is 0 Å². The van der Waals surface area contributed by atoms with Crippen LogP contribution in [0.1, 0.15) is 38.2 Å².